The van der Waals surface area contributed by atoms with Crippen LogP contribution in [0.2, 0.25) is 0 Å². The largest absolute Gasteiger partial charge is 0.313 e. The average molecular weight is 271 g/mol. The number of hydrogen-bond acceptors (Lipinski definition) is 4. The second-order valence-corrected chi connectivity index (χ2v) is 6.77. The van der Waals surface area contributed by atoms with Crippen molar-refractivity contribution in [2.24, 2.45) is 0 Å². The van der Waals surface area contributed by atoms with E-state index in [0.29, 0.717) is 6.54 Å². The SMILES string of the molecule is CCNCc1ccc(S(=O)(=O)NC(C)(C)C)nc1. The number of aromatic nitrogens is 1. The molecule has 0 unspecified atom stereocenters. The van der Waals surface area contributed by atoms with E-state index in [1.165, 1.54) is 6.07 Å². The third kappa shape index (κ3) is 4.72. The van der Waals surface area contributed by atoms with Crippen LogP contribution in [-0.2, 0) is 16.6 Å². The first-order chi connectivity index (χ1) is 8.24. The Balaban J connectivity index is 2.84. The molecule has 1 aromatic rings. The molecule has 2 N–H and O–H groups in total. The summed E-state index contributed by atoms with van der Waals surface area (Å²) < 4.78 is 26.5. The van der Waals surface area contributed by atoms with Gasteiger partial charge in [0.25, 0.3) is 10.0 Å². The van der Waals surface area contributed by atoms with Crippen molar-refractivity contribution in [1.29, 1.82) is 0 Å². The van der Waals surface area contributed by atoms with Gasteiger partial charge in [-0.2, -0.15) is 0 Å². The van der Waals surface area contributed by atoms with E-state index in [1.807, 2.05) is 6.92 Å². The molecule has 5 nitrogen and oxygen atoms in total. The Kier molecular flexibility index (Phi) is 4.84. The molecule has 0 radical (unpaired) electrons. The summed E-state index contributed by atoms with van der Waals surface area (Å²) in [6, 6.07) is 3.30. The van der Waals surface area contributed by atoms with Gasteiger partial charge in [-0.25, -0.2) is 18.1 Å². The zero-order valence-electron chi connectivity index (χ0n) is 11.3. The number of sulfonamides is 1. The fourth-order valence-electron chi connectivity index (χ4n) is 1.40. The Bertz CT molecular complexity index is 475. The average Bonchev–Trinajstić information content (AvgIpc) is 2.23. The highest BCUT2D eigenvalue weighted by atomic mass is 32.2. The molecule has 0 spiro atoms. The van der Waals surface area contributed by atoms with Gasteiger partial charge in [0, 0.05) is 18.3 Å². The maximum Gasteiger partial charge on any atom is 0.258 e. The van der Waals surface area contributed by atoms with Gasteiger partial charge in [-0.1, -0.05) is 13.0 Å². The third-order valence-electron chi connectivity index (χ3n) is 2.09. The first-order valence-electron chi connectivity index (χ1n) is 5.94. The Morgan fingerprint density at radius 3 is 2.39 bits per heavy atom. The fourth-order valence-corrected chi connectivity index (χ4v) is 2.75. The van der Waals surface area contributed by atoms with Gasteiger partial charge in [-0.3, -0.25) is 0 Å². The Hall–Kier alpha value is -0.980. The maximum absolute atomic E-state index is 12.0. The minimum atomic E-state index is -3.54. The summed E-state index contributed by atoms with van der Waals surface area (Å²) in [6.45, 7) is 8.96. The van der Waals surface area contributed by atoms with Gasteiger partial charge in [-0.05, 0) is 38.9 Å². The summed E-state index contributed by atoms with van der Waals surface area (Å²) in [5, 5.41) is 3.21. The molecular formula is C12H21N3O2S. The van der Waals surface area contributed by atoms with Crippen molar-refractivity contribution in [1.82, 2.24) is 15.0 Å². The van der Waals surface area contributed by atoms with Gasteiger partial charge in [-0.15, -0.1) is 0 Å². The number of rotatable bonds is 5. The zero-order valence-corrected chi connectivity index (χ0v) is 12.1. The van der Waals surface area contributed by atoms with Crippen LogP contribution < -0.4 is 10.0 Å². The van der Waals surface area contributed by atoms with Crippen molar-refractivity contribution in [2.45, 2.75) is 44.8 Å². The predicted molar refractivity (Wildman–Crippen MR) is 71.7 cm³/mol. The van der Waals surface area contributed by atoms with Crippen LogP contribution in [-0.4, -0.2) is 25.5 Å². The predicted octanol–water partition coefficient (Wildman–Crippen LogP) is 1.27. The van der Waals surface area contributed by atoms with Crippen LogP contribution in [0, 0.1) is 0 Å². The lowest BCUT2D eigenvalue weighted by Gasteiger charge is -2.19. The first kappa shape index (κ1) is 15.1. The van der Waals surface area contributed by atoms with Crippen LogP contribution in [0.5, 0.6) is 0 Å². The van der Waals surface area contributed by atoms with Crippen molar-refractivity contribution in [2.75, 3.05) is 6.54 Å². The normalized spacial score (nSPS) is 12.7. The Morgan fingerprint density at radius 1 is 1.28 bits per heavy atom. The van der Waals surface area contributed by atoms with E-state index in [0.717, 1.165) is 12.1 Å². The number of pyridine rings is 1. The van der Waals surface area contributed by atoms with Crippen molar-refractivity contribution < 1.29 is 8.42 Å². The molecule has 0 amide bonds. The molecule has 0 fully saturated rings. The second-order valence-electron chi connectivity index (χ2n) is 5.14. The quantitative estimate of drug-likeness (QED) is 0.846. The van der Waals surface area contributed by atoms with E-state index in [2.05, 4.69) is 15.0 Å². The molecule has 0 atom stereocenters. The molecule has 1 heterocycles. The molecule has 0 aromatic carbocycles. The molecule has 0 saturated heterocycles. The van der Waals surface area contributed by atoms with Crippen molar-refractivity contribution in [3.05, 3.63) is 23.9 Å². The van der Waals surface area contributed by atoms with E-state index < -0.39 is 15.6 Å². The number of hydrogen-bond donors (Lipinski definition) is 2. The van der Waals surface area contributed by atoms with Crippen molar-refractivity contribution in [3.8, 4) is 0 Å². The van der Waals surface area contributed by atoms with Gasteiger partial charge in [0.05, 0.1) is 0 Å². The van der Waals surface area contributed by atoms with Gasteiger partial charge < -0.3 is 5.32 Å². The van der Waals surface area contributed by atoms with E-state index >= 15 is 0 Å². The summed E-state index contributed by atoms with van der Waals surface area (Å²) in [5.74, 6) is 0. The lowest BCUT2D eigenvalue weighted by molar-refractivity contribution is 0.489. The summed E-state index contributed by atoms with van der Waals surface area (Å²) in [7, 11) is -3.54. The summed E-state index contributed by atoms with van der Waals surface area (Å²) in [5.41, 5.74) is 0.453. The zero-order chi connectivity index (χ0) is 13.8. The van der Waals surface area contributed by atoms with Gasteiger partial charge in [0.15, 0.2) is 5.03 Å². The van der Waals surface area contributed by atoms with E-state index in [9.17, 15) is 8.42 Å². The molecule has 0 aliphatic heterocycles. The van der Waals surface area contributed by atoms with Crippen LogP contribution in [0.25, 0.3) is 0 Å². The number of nitrogens with zero attached hydrogens (tertiary/aromatic N) is 1. The smallest absolute Gasteiger partial charge is 0.258 e. The van der Waals surface area contributed by atoms with E-state index in [-0.39, 0.29) is 5.03 Å². The van der Waals surface area contributed by atoms with Gasteiger partial charge >= 0.3 is 0 Å². The second kappa shape index (κ2) is 5.77. The highest BCUT2D eigenvalue weighted by molar-refractivity contribution is 7.89. The molecule has 102 valence electrons. The molecule has 1 aromatic heterocycles. The number of nitrogens with one attached hydrogen (secondary N) is 2. The molecule has 0 bridgehead atoms. The minimum absolute atomic E-state index is 0.0534. The lowest BCUT2D eigenvalue weighted by Crippen LogP contribution is -2.40. The van der Waals surface area contributed by atoms with Crippen LogP contribution in [0.4, 0.5) is 0 Å². The monoisotopic (exact) mass is 271 g/mol. The van der Waals surface area contributed by atoms with Gasteiger partial charge in [0.2, 0.25) is 0 Å². The summed E-state index contributed by atoms with van der Waals surface area (Å²) >= 11 is 0. The standard InChI is InChI=1S/C12H21N3O2S/c1-5-13-8-10-6-7-11(14-9-10)18(16,17)15-12(2,3)4/h6-7,9,13,15H,5,8H2,1-4H3. The van der Waals surface area contributed by atoms with Crippen molar-refractivity contribution >= 4 is 10.0 Å². The van der Waals surface area contributed by atoms with Crippen LogP contribution in [0.1, 0.15) is 33.3 Å². The Labute approximate surface area is 109 Å². The molecule has 6 heteroatoms. The molecule has 0 saturated carbocycles. The lowest BCUT2D eigenvalue weighted by atomic mass is 10.1. The van der Waals surface area contributed by atoms with E-state index in [1.54, 1.807) is 33.0 Å². The Morgan fingerprint density at radius 2 is 1.94 bits per heavy atom. The summed E-state index contributed by atoms with van der Waals surface area (Å²) in [4.78, 5) is 4.00. The molecule has 0 aliphatic rings. The van der Waals surface area contributed by atoms with Crippen LogP contribution in [0.15, 0.2) is 23.4 Å². The maximum atomic E-state index is 12.0. The van der Waals surface area contributed by atoms with Gasteiger partial charge in [0.1, 0.15) is 0 Å². The van der Waals surface area contributed by atoms with E-state index in [4.69, 9.17) is 0 Å². The molecule has 0 aliphatic carbocycles. The topological polar surface area (TPSA) is 71.1 Å². The third-order valence-corrected chi connectivity index (χ3v) is 3.77. The highest BCUT2D eigenvalue weighted by Gasteiger charge is 2.22. The summed E-state index contributed by atoms with van der Waals surface area (Å²) in [6.07, 6.45) is 1.58. The molecular weight excluding hydrogens is 250 g/mol. The van der Waals surface area contributed by atoms with Crippen LogP contribution in [0.3, 0.4) is 0 Å². The fraction of sp³-hybridized carbons (Fsp3) is 0.583. The highest BCUT2D eigenvalue weighted by Crippen LogP contribution is 2.10. The molecule has 18 heavy (non-hydrogen) atoms. The first-order valence-corrected chi connectivity index (χ1v) is 7.42. The van der Waals surface area contributed by atoms with Crippen LogP contribution >= 0.6 is 0 Å². The molecule has 1 rings (SSSR count). The minimum Gasteiger partial charge on any atom is -0.313 e. The van der Waals surface area contributed by atoms with Crippen molar-refractivity contribution in [3.63, 3.8) is 0 Å².